The first-order valence-corrected chi connectivity index (χ1v) is 6.91. The van der Waals surface area contributed by atoms with Crippen molar-refractivity contribution in [1.29, 1.82) is 0 Å². The average molecular weight is 333 g/mol. The fourth-order valence-electron chi connectivity index (χ4n) is 1.05. The summed E-state index contributed by atoms with van der Waals surface area (Å²) in [5, 5.41) is -2.62. The van der Waals surface area contributed by atoms with E-state index in [-0.39, 0.29) is 0 Å². The lowest BCUT2D eigenvalue weighted by Gasteiger charge is -2.37. The van der Waals surface area contributed by atoms with Crippen molar-refractivity contribution < 1.29 is 0 Å². The minimum atomic E-state index is -0.437. The molecule has 90 valence electrons. The highest BCUT2D eigenvalue weighted by atomic mass is 35.5. The standard InChI is InChI=1S/C6H6Cl6.C3H6/c7-1-2(8)4(10)6(12)5(11)3(1)9;1-3-2/h1-6H;3H,1H2,2H3. The number of allylic oxidation sites excluding steroid dienone is 1. The molecule has 0 atom stereocenters. The largest absolute Gasteiger partial charge is 0.120 e. The minimum absolute atomic E-state index is 0.437. The van der Waals surface area contributed by atoms with Gasteiger partial charge in [0.2, 0.25) is 0 Å². The molecule has 0 saturated heterocycles. The van der Waals surface area contributed by atoms with Crippen LogP contribution in [-0.2, 0) is 0 Å². The zero-order valence-electron chi connectivity index (χ0n) is 8.02. The molecule has 6 heteroatoms. The van der Waals surface area contributed by atoms with Crippen molar-refractivity contribution in [3.63, 3.8) is 0 Å². The Balaban J connectivity index is 0.000000583. The lowest BCUT2D eigenvalue weighted by molar-refractivity contribution is 0.544. The van der Waals surface area contributed by atoms with Crippen LogP contribution in [0.2, 0.25) is 0 Å². The van der Waals surface area contributed by atoms with Gasteiger partial charge in [-0.3, -0.25) is 0 Å². The summed E-state index contributed by atoms with van der Waals surface area (Å²) in [6.07, 6.45) is 1.75. The molecule has 0 radical (unpaired) electrons. The Morgan fingerprint density at radius 2 is 0.733 bits per heavy atom. The maximum absolute atomic E-state index is 5.88. The maximum Gasteiger partial charge on any atom is 0.0693 e. The third-order valence-corrected chi connectivity index (χ3v) is 5.86. The molecule has 1 rings (SSSR count). The van der Waals surface area contributed by atoms with Gasteiger partial charge < -0.3 is 0 Å². The van der Waals surface area contributed by atoms with Crippen molar-refractivity contribution in [3.8, 4) is 0 Å². The predicted octanol–water partition coefficient (Wildman–Crippen LogP) is 4.84. The Kier molecular flexibility index (Phi) is 8.50. The predicted molar refractivity (Wildman–Crippen MR) is 73.7 cm³/mol. The summed E-state index contributed by atoms with van der Waals surface area (Å²) in [4.78, 5) is 0. The van der Waals surface area contributed by atoms with Crippen molar-refractivity contribution >= 4 is 69.6 Å². The highest BCUT2D eigenvalue weighted by Crippen LogP contribution is 2.39. The molecule has 0 unspecified atom stereocenters. The molecule has 0 bridgehead atoms. The lowest BCUT2D eigenvalue weighted by atomic mass is 9.97. The maximum atomic E-state index is 5.88. The first-order valence-electron chi connectivity index (χ1n) is 4.29. The van der Waals surface area contributed by atoms with E-state index in [1.807, 2.05) is 6.92 Å². The van der Waals surface area contributed by atoms with Gasteiger partial charge in [0.05, 0.1) is 32.3 Å². The molecule has 0 aromatic rings. The SMILES string of the molecule is C=CC.ClC1C(Cl)C(Cl)C(Cl)C(Cl)C1Cl. The highest BCUT2D eigenvalue weighted by molar-refractivity contribution is 6.45. The molecule has 0 amide bonds. The zero-order valence-corrected chi connectivity index (χ0v) is 12.6. The summed E-state index contributed by atoms with van der Waals surface area (Å²) in [5.74, 6) is 0. The molecule has 1 fully saturated rings. The average Bonchev–Trinajstić information content (AvgIpc) is 2.22. The first kappa shape index (κ1) is 16.5. The van der Waals surface area contributed by atoms with E-state index in [1.54, 1.807) is 6.08 Å². The van der Waals surface area contributed by atoms with Gasteiger partial charge >= 0.3 is 0 Å². The van der Waals surface area contributed by atoms with Gasteiger partial charge in [-0.2, -0.15) is 0 Å². The van der Waals surface area contributed by atoms with Crippen LogP contribution in [0.25, 0.3) is 0 Å². The van der Waals surface area contributed by atoms with E-state index in [4.69, 9.17) is 69.6 Å². The summed E-state index contributed by atoms with van der Waals surface area (Å²) in [6.45, 7) is 5.25. The van der Waals surface area contributed by atoms with Gasteiger partial charge in [0.15, 0.2) is 0 Å². The summed E-state index contributed by atoms with van der Waals surface area (Å²) < 4.78 is 0. The topological polar surface area (TPSA) is 0 Å². The van der Waals surface area contributed by atoms with Gasteiger partial charge in [-0.15, -0.1) is 76.2 Å². The fraction of sp³-hybridized carbons (Fsp3) is 0.778. The molecule has 0 nitrogen and oxygen atoms in total. The Hall–Kier alpha value is 1.48. The Morgan fingerprint density at radius 1 is 0.667 bits per heavy atom. The van der Waals surface area contributed by atoms with Crippen LogP contribution in [0.4, 0.5) is 0 Å². The molecule has 1 aliphatic rings. The molecular weight excluding hydrogens is 321 g/mol. The van der Waals surface area contributed by atoms with E-state index in [0.29, 0.717) is 0 Å². The second-order valence-corrected chi connectivity index (χ2v) is 6.10. The Bertz CT molecular complexity index is 139. The molecular formula is C9H12Cl6. The normalized spacial score (nSPS) is 45.3. The number of alkyl halides is 6. The van der Waals surface area contributed by atoms with Crippen LogP contribution in [-0.4, -0.2) is 32.3 Å². The second-order valence-electron chi connectivity index (χ2n) is 3.07. The molecule has 0 heterocycles. The minimum Gasteiger partial charge on any atom is -0.120 e. The fourth-order valence-corrected chi connectivity index (χ4v) is 3.38. The van der Waals surface area contributed by atoms with Crippen molar-refractivity contribution in [2.24, 2.45) is 0 Å². The van der Waals surface area contributed by atoms with Gasteiger partial charge in [-0.05, 0) is 6.92 Å². The van der Waals surface area contributed by atoms with Gasteiger partial charge in [-0.25, -0.2) is 0 Å². The van der Waals surface area contributed by atoms with E-state index in [9.17, 15) is 0 Å². The van der Waals surface area contributed by atoms with Crippen molar-refractivity contribution in [1.82, 2.24) is 0 Å². The summed E-state index contributed by atoms with van der Waals surface area (Å²) in [6, 6.07) is 0. The smallest absolute Gasteiger partial charge is 0.0693 e. The molecule has 1 saturated carbocycles. The number of hydrogen-bond donors (Lipinski definition) is 0. The van der Waals surface area contributed by atoms with Crippen LogP contribution >= 0.6 is 69.6 Å². The van der Waals surface area contributed by atoms with Crippen LogP contribution in [0.15, 0.2) is 12.7 Å². The zero-order chi connectivity index (χ0) is 12.2. The van der Waals surface area contributed by atoms with Crippen LogP contribution in [0, 0.1) is 0 Å². The van der Waals surface area contributed by atoms with Crippen LogP contribution in [0.3, 0.4) is 0 Å². The van der Waals surface area contributed by atoms with Crippen molar-refractivity contribution in [2.45, 2.75) is 39.2 Å². The van der Waals surface area contributed by atoms with Crippen LogP contribution in [0.5, 0.6) is 0 Å². The van der Waals surface area contributed by atoms with Gasteiger partial charge in [0, 0.05) is 0 Å². The quantitative estimate of drug-likeness (QED) is 0.440. The molecule has 0 aliphatic heterocycles. The van der Waals surface area contributed by atoms with E-state index in [2.05, 4.69) is 6.58 Å². The second kappa shape index (κ2) is 7.74. The highest BCUT2D eigenvalue weighted by Gasteiger charge is 2.46. The van der Waals surface area contributed by atoms with E-state index < -0.39 is 32.3 Å². The van der Waals surface area contributed by atoms with Crippen LogP contribution in [0.1, 0.15) is 6.92 Å². The number of halogens is 6. The van der Waals surface area contributed by atoms with Gasteiger partial charge in [0.1, 0.15) is 0 Å². The Labute approximate surface area is 121 Å². The van der Waals surface area contributed by atoms with Crippen molar-refractivity contribution in [3.05, 3.63) is 12.7 Å². The molecule has 1 aliphatic carbocycles. The number of hydrogen-bond acceptors (Lipinski definition) is 0. The molecule has 0 aromatic carbocycles. The van der Waals surface area contributed by atoms with Crippen molar-refractivity contribution in [2.75, 3.05) is 0 Å². The first-order chi connectivity index (χ1) is 6.88. The van der Waals surface area contributed by atoms with Gasteiger partial charge in [0.25, 0.3) is 0 Å². The molecule has 0 aromatic heterocycles. The van der Waals surface area contributed by atoms with E-state index >= 15 is 0 Å². The number of rotatable bonds is 0. The third-order valence-electron chi connectivity index (χ3n) is 1.83. The van der Waals surface area contributed by atoms with E-state index in [1.165, 1.54) is 0 Å². The Morgan fingerprint density at radius 3 is 0.800 bits per heavy atom. The summed E-state index contributed by atoms with van der Waals surface area (Å²) in [7, 11) is 0. The summed E-state index contributed by atoms with van der Waals surface area (Å²) in [5.41, 5.74) is 0. The van der Waals surface area contributed by atoms with Gasteiger partial charge in [-0.1, -0.05) is 6.08 Å². The monoisotopic (exact) mass is 330 g/mol. The molecule has 0 spiro atoms. The summed E-state index contributed by atoms with van der Waals surface area (Å²) >= 11 is 35.3. The molecule has 0 N–H and O–H groups in total. The lowest BCUT2D eigenvalue weighted by Crippen LogP contribution is -2.52. The third kappa shape index (κ3) is 4.33. The molecule has 15 heavy (non-hydrogen) atoms. The van der Waals surface area contributed by atoms with E-state index in [0.717, 1.165) is 0 Å². The van der Waals surface area contributed by atoms with Crippen LogP contribution < -0.4 is 0 Å².